The molecule has 3 N–H and O–H groups in total. The Hall–Kier alpha value is -2.65. The third-order valence-electron chi connectivity index (χ3n) is 3.59. The van der Waals surface area contributed by atoms with E-state index in [-0.39, 0.29) is 10.6 Å². The Balaban J connectivity index is 1.83. The Morgan fingerprint density at radius 2 is 1.96 bits per heavy atom. The average Bonchev–Trinajstić information content (AvgIpc) is 3.14. The monoisotopic (exact) mass is 376 g/mol. The number of carbonyl (C=O) groups excluding carboxylic acids is 1. The zero-order valence-electron chi connectivity index (χ0n) is 13.6. The topological polar surface area (TPSA) is 107 Å². The lowest BCUT2D eigenvalue weighted by atomic mass is 10.1. The van der Waals surface area contributed by atoms with Crippen molar-refractivity contribution in [2.45, 2.75) is 11.8 Å². The van der Waals surface area contributed by atoms with Crippen LogP contribution in [0.4, 0.5) is 5.69 Å². The first-order chi connectivity index (χ1) is 11.8. The molecule has 2 heterocycles. The number of anilines is 1. The van der Waals surface area contributed by atoms with Gasteiger partial charge in [0.1, 0.15) is 10.6 Å². The van der Waals surface area contributed by atoms with Crippen LogP contribution < -0.4 is 10.5 Å². The van der Waals surface area contributed by atoms with Gasteiger partial charge in [-0.2, -0.15) is 0 Å². The highest BCUT2D eigenvalue weighted by Crippen LogP contribution is 2.24. The second-order valence-electron chi connectivity index (χ2n) is 5.47. The molecule has 3 rings (SSSR count). The Morgan fingerprint density at radius 3 is 2.48 bits per heavy atom. The second-order valence-corrected chi connectivity index (χ2v) is 8.22. The minimum absolute atomic E-state index is 0.0250. The van der Waals surface area contributed by atoms with Gasteiger partial charge >= 0.3 is 0 Å². The molecule has 0 aliphatic carbocycles. The van der Waals surface area contributed by atoms with Crippen LogP contribution in [0, 0.1) is 6.92 Å². The van der Waals surface area contributed by atoms with Crippen molar-refractivity contribution in [2.75, 3.05) is 4.72 Å². The number of hydrogen-bond acceptors (Lipinski definition) is 5. The lowest BCUT2D eigenvalue weighted by molar-refractivity contribution is 0.0992. The molecule has 0 radical (unpaired) electrons. The maximum Gasteiger partial charge on any atom is 0.265 e. The van der Waals surface area contributed by atoms with Crippen molar-refractivity contribution in [2.24, 2.45) is 12.8 Å². The molecule has 0 aliphatic heterocycles. The van der Waals surface area contributed by atoms with Crippen molar-refractivity contribution in [1.82, 2.24) is 9.55 Å². The third-order valence-corrected chi connectivity index (χ3v) is 5.72. The number of carbonyl (C=O) groups is 1. The van der Waals surface area contributed by atoms with Gasteiger partial charge in [-0.15, -0.1) is 11.3 Å². The van der Waals surface area contributed by atoms with Crippen LogP contribution in [-0.4, -0.2) is 23.9 Å². The maximum absolute atomic E-state index is 12.5. The molecule has 1 aromatic carbocycles. The summed E-state index contributed by atoms with van der Waals surface area (Å²) in [5.74, 6) is -0.688. The highest BCUT2D eigenvalue weighted by Gasteiger charge is 2.19. The van der Waals surface area contributed by atoms with Crippen LogP contribution in [0.15, 0.2) is 46.8 Å². The zero-order chi connectivity index (χ0) is 18.2. The van der Waals surface area contributed by atoms with Crippen LogP contribution in [0.25, 0.3) is 11.3 Å². The van der Waals surface area contributed by atoms with Crippen molar-refractivity contribution in [3.8, 4) is 11.3 Å². The molecule has 0 atom stereocenters. The standard InChI is InChI=1S/C16H16N4O3S2/c1-10-18-14(9-24-10)11-3-5-12(6-4-11)19-25(22,23)13-7-15(16(17)21)20(2)8-13/h3-9,19H,1-2H3,(H2,17,21). The Bertz CT molecular complexity index is 1030. The molecule has 0 saturated heterocycles. The van der Waals surface area contributed by atoms with Crippen LogP contribution in [0.5, 0.6) is 0 Å². The number of amides is 1. The number of sulfonamides is 1. The van der Waals surface area contributed by atoms with Gasteiger partial charge < -0.3 is 10.3 Å². The number of nitrogens with one attached hydrogen (secondary N) is 1. The van der Waals surface area contributed by atoms with E-state index in [9.17, 15) is 13.2 Å². The van der Waals surface area contributed by atoms with Crippen LogP contribution in [0.3, 0.4) is 0 Å². The van der Waals surface area contributed by atoms with E-state index in [0.29, 0.717) is 5.69 Å². The van der Waals surface area contributed by atoms with Gasteiger partial charge in [0, 0.05) is 29.9 Å². The number of hydrogen-bond donors (Lipinski definition) is 2. The summed E-state index contributed by atoms with van der Waals surface area (Å²) in [6.07, 6.45) is 1.34. The predicted octanol–water partition coefficient (Wildman–Crippen LogP) is 2.36. The predicted molar refractivity (Wildman–Crippen MR) is 97.0 cm³/mol. The van der Waals surface area contributed by atoms with Gasteiger partial charge in [0.05, 0.1) is 10.7 Å². The largest absolute Gasteiger partial charge is 0.364 e. The van der Waals surface area contributed by atoms with E-state index >= 15 is 0 Å². The van der Waals surface area contributed by atoms with E-state index in [1.165, 1.54) is 16.8 Å². The summed E-state index contributed by atoms with van der Waals surface area (Å²) in [6, 6.07) is 8.18. The Morgan fingerprint density at radius 1 is 1.28 bits per heavy atom. The summed E-state index contributed by atoms with van der Waals surface area (Å²) in [5.41, 5.74) is 7.51. The number of primary amides is 1. The zero-order valence-corrected chi connectivity index (χ0v) is 15.2. The summed E-state index contributed by atoms with van der Waals surface area (Å²) in [7, 11) is -2.25. The fourth-order valence-electron chi connectivity index (χ4n) is 2.35. The fourth-order valence-corrected chi connectivity index (χ4v) is 4.10. The Kier molecular flexibility index (Phi) is 4.36. The summed E-state index contributed by atoms with van der Waals surface area (Å²) in [6.45, 7) is 1.93. The quantitative estimate of drug-likeness (QED) is 0.713. The fraction of sp³-hybridized carbons (Fsp3) is 0.125. The number of thiazole rings is 1. The molecule has 0 saturated carbocycles. The van der Waals surface area contributed by atoms with E-state index in [1.807, 2.05) is 12.3 Å². The molecule has 0 fully saturated rings. The lowest BCUT2D eigenvalue weighted by Gasteiger charge is -2.07. The number of nitrogens with zero attached hydrogens (tertiary/aromatic N) is 2. The molecular weight excluding hydrogens is 360 g/mol. The summed E-state index contributed by atoms with van der Waals surface area (Å²) >= 11 is 1.55. The molecule has 130 valence electrons. The van der Waals surface area contributed by atoms with Crippen LogP contribution >= 0.6 is 11.3 Å². The molecule has 0 unspecified atom stereocenters. The highest BCUT2D eigenvalue weighted by atomic mass is 32.2. The van der Waals surface area contributed by atoms with Gasteiger partial charge in [0.25, 0.3) is 15.9 Å². The van der Waals surface area contributed by atoms with Gasteiger partial charge in [-0.05, 0) is 25.1 Å². The van der Waals surface area contributed by atoms with Crippen molar-refractivity contribution >= 4 is 33.0 Å². The van der Waals surface area contributed by atoms with Gasteiger partial charge in [0.15, 0.2) is 0 Å². The van der Waals surface area contributed by atoms with Crippen molar-refractivity contribution in [3.05, 3.63) is 52.6 Å². The van der Waals surface area contributed by atoms with Gasteiger partial charge in [-0.3, -0.25) is 9.52 Å². The number of rotatable bonds is 5. The summed E-state index contributed by atoms with van der Waals surface area (Å²) in [5, 5.41) is 2.92. The molecule has 0 bridgehead atoms. The molecule has 3 aromatic rings. The minimum atomic E-state index is -3.81. The minimum Gasteiger partial charge on any atom is -0.364 e. The van der Waals surface area contributed by atoms with Gasteiger partial charge in [-0.25, -0.2) is 13.4 Å². The van der Waals surface area contributed by atoms with E-state index in [0.717, 1.165) is 16.3 Å². The van der Waals surface area contributed by atoms with Crippen LogP contribution in [0.2, 0.25) is 0 Å². The van der Waals surface area contributed by atoms with E-state index in [1.54, 1.807) is 42.6 Å². The molecule has 7 nitrogen and oxygen atoms in total. The highest BCUT2D eigenvalue weighted by molar-refractivity contribution is 7.92. The summed E-state index contributed by atoms with van der Waals surface area (Å²) < 4.78 is 28.8. The first kappa shape index (κ1) is 17.2. The van der Waals surface area contributed by atoms with E-state index < -0.39 is 15.9 Å². The van der Waals surface area contributed by atoms with Crippen LogP contribution in [0.1, 0.15) is 15.5 Å². The molecule has 2 aromatic heterocycles. The number of aryl methyl sites for hydroxylation is 2. The van der Waals surface area contributed by atoms with Crippen molar-refractivity contribution in [3.63, 3.8) is 0 Å². The molecular formula is C16H16N4O3S2. The smallest absolute Gasteiger partial charge is 0.265 e. The average molecular weight is 376 g/mol. The number of benzene rings is 1. The molecule has 25 heavy (non-hydrogen) atoms. The normalized spacial score (nSPS) is 11.4. The molecule has 0 aliphatic rings. The first-order valence-corrected chi connectivity index (χ1v) is 9.64. The van der Waals surface area contributed by atoms with Crippen molar-refractivity contribution < 1.29 is 13.2 Å². The van der Waals surface area contributed by atoms with Crippen molar-refractivity contribution in [1.29, 1.82) is 0 Å². The van der Waals surface area contributed by atoms with E-state index in [4.69, 9.17) is 5.73 Å². The first-order valence-electron chi connectivity index (χ1n) is 7.28. The Labute approximate surface area is 149 Å². The molecule has 9 heteroatoms. The van der Waals surface area contributed by atoms with E-state index in [2.05, 4.69) is 9.71 Å². The van der Waals surface area contributed by atoms with Gasteiger partial charge in [0.2, 0.25) is 0 Å². The lowest BCUT2D eigenvalue weighted by Crippen LogP contribution is -2.14. The third kappa shape index (κ3) is 3.57. The SMILES string of the molecule is Cc1nc(-c2ccc(NS(=O)(=O)c3cc(C(N)=O)n(C)c3)cc2)cs1. The molecule has 0 spiro atoms. The van der Waals surface area contributed by atoms with Gasteiger partial charge in [-0.1, -0.05) is 12.1 Å². The number of aromatic nitrogens is 2. The number of nitrogens with two attached hydrogens (primary N) is 1. The maximum atomic E-state index is 12.5. The van der Waals surface area contributed by atoms with Crippen LogP contribution in [-0.2, 0) is 17.1 Å². The second kappa shape index (κ2) is 6.34. The molecule has 1 amide bonds. The summed E-state index contributed by atoms with van der Waals surface area (Å²) in [4.78, 5) is 15.6.